The fourth-order valence-electron chi connectivity index (χ4n) is 3.03. The summed E-state index contributed by atoms with van der Waals surface area (Å²) in [5.41, 5.74) is 7.29. The lowest BCUT2D eigenvalue weighted by Gasteiger charge is -2.31. The van der Waals surface area contributed by atoms with Gasteiger partial charge >= 0.3 is 0 Å². The minimum absolute atomic E-state index is 0.242. The van der Waals surface area contributed by atoms with E-state index in [9.17, 15) is 8.42 Å². The van der Waals surface area contributed by atoms with Crippen LogP contribution in [-0.2, 0) is 16.4 Å². The molecule has 6 heteroatoms. The molecule has 0 aromatic heterocycles. The zero-order chi connectivity index (χ0) is 15.0. The van der Waals surface area contributed by atoms with Crippen molar-refractivity contribution in [2.24, 2.45) is 5.92 Å². The average Bonchev–Trinajstić information content (AvgIpc) is 2.46. The molecule has 2 N–H and O–H groups in total. The summed E-state index contributed by atoms with van der Waals surface area (Å²) in [6, 6.07) is 3.36. The molecule has 0 atom stereocenters. The van der Waals surface area contributed by atoms with Gasteiger partial charge in [-0.05, 0) is 49.3 Å². The van der Waals surface area contributed by atoms with Crippen molar-refractivity contribution in [1.29, 1.82) is 0 Å². The number of ether oxygens (including phenoxy) is 1. The maximum atomic E-state index is 12.9. The van der Waals surface area contributed by atoms with Gasteiger partial charge in [0.1, 0.15) is 10.6 Å². The second-order valence-electron chi connectivity index (χ2n) is 6.05. The van der Waals surface area contributed by atoms with E-state index in [-0.39, 0.29) is 4.90 Å². The van der Waals surface area contributed by atoms with Crippen molar-refractivity contribution < 1.29 is 13.2 Å². The molecular formula is C15H22N2O3S. The Bertz CT molecular complexity index is 635. The molecule has 2 heterocycles. The third-order valence-electron chi connectivity index (χ3n) is 4.35. The smallest absolute Gasteiger partial charge is 0.246 e. The van der Waals surface area contributed by atoms with Crippen LogP contribution in [-0.4, -0.2) is 32.4 Å². The molecule has 1 aromatic rings. The first-order chi connectivity index (χ1) is 9.98. The van der Waals surface area contributed by atoms with Crippen molar-refractivity contribution in [3.05, 3.63) is 17.7 Å². The monoisotopic (exact) mass is 310 g/mol. The average molecular weight is 310 g/mol. The summed E-state index contributed by atoms with van der Waals surface area (Å²) in [7, 11) is -3.52. The van der Waals surface area contributed by atoms with Gasteiger partial charge in [-0.1, -0.05) is 6.92 Å². The zero-order valence-corrected chi connectivity index (χ0v) is 13.2. The number of fused-ring (bicyclic) bond motifs is 1. The molecule has 21 heavy (non-hydrogen) atoms. The molecule has 0 aliphatic carbocycles. The van der Waals surface area contributed by atoms with E-state index in [0.717, 1.165) is 31.2 Å². The fraction of sp³-hybridized carbons (Fsp3) is 0.600. The molecule has 2 aliphatic heterocycles. The highest BCUT2D eigenvalue weighted by Crippen LogP contribution is 2.37. The summed E-state index contributed by atoms with van der Waals surface area (Å²) in [4.78, 5) is 0.242. The first-order valence-corrected chi connectivity index (χ1v) is 8.98. The maximum absolute atomic E-state index is 12.9. The fourth-order valence-corrected chi connectivity index (χ4v) is 4.70. The molecule has 116 valence electrons. The van der Waals surface area contributed by atoms with Crippen molar-refractivity contribution in [3.63, 3.8) is 0 Å². The van der Waals surface area contributed by atoms with Crippen molar-refractivity contribution in [2.45, 2.75) is 37.5 Å². The SMILES string of the molecule is CC1CCN(S(=O)(=O)c2cc(N)cc3c2OCCC3)CC1. The van der Waals surface area contributed by atoms with Crippen LogP contribution in [0.1, 0.15) is 31.7 Å². The second kappa shape index (κ2) is 5.50. The minimum atomic E-state index is -3.52. The van der Waals surface area contributed by atoms with E-state index in [1.165, 1.54) is 6.07 Å². The van der Waals surface area contributed by atoms with Gasteiger partial charge in [-0.15, -0.1) is 0 Å². The Balaban J connectivity index is 2.01. The van der Waals surface area contributed by atoms with Gasteiger partial charge in [-0.25, -0.2) is 8.42 Å². The Morgan fingerprint density at radius 1 is 1.29 bits per heavy atom. The standard InChI is InChI=1S/C15H22N2O3S/c1-11-4-6-17(7-5-11)21(18,19)14-10-13(16)9-12-3-2-8-20-15(12)14/h9-11H,2-8,16H2,1H3. The van der Waals surface area contributed by atoms with Gasteiger partial charge < -0.3 is 10.5 Å². The van der Waals surface area contributed by atoms with E-state index in [1.54, 1.807) is 4.31 Å². The molecule has 0 spiro atoms. The molecule has 0 saturated carbocycles. The largest absolute Gasteiger partial charge is 0.492 e. The Morgan fingerprint density at radius 3 is 2.71 bits per heavy atom. The minimum Gasteiger partial charge on any atom is -0.492 e. The Labute approximate surface area is 126 Å². The molecule has 5 nitrogen and oxygen atoms in total. The number of hydrogen-bond donors (Lipinski definition) is 1. The van der Waals surface area contributed by atoms with Gasteiger partial charge in [-0.3, -0.25) is 0 Å². The maximum Gasteiger partial charge on any atom is 0.246 e. The van der Waals surface area contributed by atoms with Gasteiger partial charge in [0.2, 0.25) is 10.0 Å². The van der Waals surface area contributed by atoms with Gasteiger partial charge in [0.05, 0.1) is 6.61 Å². The van der Waals surface area contributed by atoms with E-state index in [1.807, 2.05) is 6.07 Å². The lowest BCUT2D eigenvalue weighted by atomic mass is 10.0. The number of nitrogens with zero attached hydrogens (tertiary/aromatic N) is 1. The highest BCUT2D eigenvalue weighted by atomic mass is 32.2. The van der Waals surface area contributed by atoms with Crippen LogP contribution in [0.2, 0.25) is 0 Å². The van der Waals surface area contributed by atoms with Crippen LogP contribution in [0.4, 0.5) is 5.69 Å². The molecule has 1 saturated heterocycles. The van der Waals surface area contributed by atoms with E-state index in [4.69, 9.17) is 10.5 Å². The highest BCUT2D eigenvalue weighted by molar-refractivity contribution is 7.89. The molecule has 0 amide bonds. The van der Waals surface area contributed by atoms with Crippen LogP contribution >= 0.6 is 0 Å². The Hall–Kier alpha value is -1.27. The van der Waals surface area contributed by atoms with Gasteiger partial charge in [-0.2, -0.15) is 4.31 Å². The van der Waals surface area contributed by atoms with E-state index < -0.39 is 10.0 Å². The summed E-state index contributed by atoms with van der Waals surface area (Å²) in [5.74, 6) is 1.09. The van der Waals surface area contributed by atoms with Crippen LogP contribution in [0.25, 0.3) is 0 Å². The highest BCUT2D eigenvalue weighted by Gasteiger charge is 2.32. The molecular weight excluding hydrogens is 288 g/mol. The number of sulfonamides is 1. The third-order valence-corrected chi connectivity index (χ3v) is 6.26. The summed E-state index contributed by atoms with van der Waals surface area (Å²) in [6.45, 7) is 3.88. The van der Waals surface area contributed by atoms with E-state index in [2.05, 4.69) is 6.92 Å². The lowest BCUT2D eigenvalue weighted by Crippen LogP contribution is -2.38. The Kier molecular flexibility index (Phi) is 3.84. The number of rotatable bonds is 2. The van der Waals surface area contributed by atoms with E-state index >= 15 is 0 Å². The number of anilines is 1. The lowest BCUT2D eigenvalue weighted by molar-refractivity contribution is 0.272. The number of nitrogens with two attached hydrogens (primary N) is 1. The molecule has 0 unspecified atom stereocenters. The molecule has 3 rings (SSSR count). The quantitative estimate of drug-likeness (QED) is 0.848. The third kappa shape index (κ3) is 2.74. The molecule has 2 aliphatic rings. The molecule has 0 bridgehead atoms. The van der Waals surface area contributed by atoms with Crippen molar-refractivity contribution >= 4 is 15.7 Å². The van der Waals surface area contributed by atoms with Crippen molar-refractivity contribution in [3.8, 4) is 5.75 Å². The zero-order valence-electron chi connectivity index (χ0n) is 12.3. The number of benzene rings is 1. The van der Waals surface area contributed by atoms with Crippen LogP contribution in [0.15, 0.2) is 17.0 Å². The number of hydrogen-bond acceptors (Lipinski definition) is 4. The van der Waals surface area contributed by atoms with Crippen LogP contribution in [0.5, 0.6) is 5.75 Å². The summed E-state index contributed by atoms with van der Waals surface area (Å²) >= 11 is 0. The first-order valence-electron chi connectivity index (χ1n) is 7.54. The molecule has 1 fully saturated rings. The Morgan fingerprint density at radius 2 is 2.00 bits per heavy atom. The second-order valence-corrected chi connectivity index (χ2v) is 7.95. The van der Waals surface area contributed by atoms with Gasteiger partial charge in [0, 0.05) is 18.8 Å². The van der Waals surface area contributed by atoms with E-state index in [0.29, 0.717) is 37.1 Å². The van der Waals surface area contributed by atoms with Gasteiger partial charge in [0.15, 0.2) is 0 Å². The number of nitrogen functional groups attached to an aromatic ring is 1. The summed E-state index contributed by atoms with van der Waals surface area (Å²) in [6.07, 6.45) is 3.53. The molecule has 0 radical (unpaired) electrons. The summed E-state index contributed by atoms with van der Waals surface area (Å²) < 4.78 is 33.0. The predicted molar refractivity (Wildman–Crippen MR) is 81.8 cm³/mol. The molecule has 1 aromatic carbocycles. The first kappa shape index (κ1) is 14.7. The topological polar surface area (TPSA) is 72.6 Å². The number of piperidine rings is 1. The van der Waals surface area contributed by atoms with Crippen molar-refractivity contribution in [1.82, 2.24) is 4.31 Å². The normalized spacial score (nSPS) is 20.8. The summed E-state index contributed by atoms with van der Waals surface area (Å²) in [5, 5.41) is 0. The van der Waals surface area contributed by atoms with Crippen LogP contribution in [0, 0.1) is 5.92 Å². The van der Waals surface area contributed by atoms with Gasteiger partial charge in [0.25, 0.3) is 0 Å². The predicted octanol–water partition coefficient (Wildman–Crippen LogP) is 2.01. The van der Waals surface area contributed by atoms with Crippen molar-refractivity contribution in [2.75, 3.05) is 25.4 Å². The van der Waals surface area contributed by atoms with Crippen LogP contribution < -0.4 is 10.5 Å². The number of aryl methyl sites for hydroxylation is 1. The van der Waals surface area contributed by atoms with Crippen LogP contribution in [0.3, 0.4) is 0 Å².